The number of hydrogen-bond donors (Lipinski definition) is 1. The third kappa shape index (κ3) is 9.86. The molecule has 0 aromatic rings. The normalized spacial score (nSPS) is 11.5. The quantitative estimate of drug-likeness (QED) is 0.455. The lowest BCUT2D eigenvalue weighted by Crippen LogP contribution is -2.22. The molecule has 2 nitrogen and oxygen atoms in total. The molecule has 0 fully saturated rings. The van der Waals surface area contributed by atoms with E-state index in [9.17, 15) is 4.79 Å². The largest absolute Gasteiger partial charge is 0.353 e. The average molecular weight is 295 g/mol. The van der Waals surface area contributed by atoms with Crippen molar-refractivity contribution in [3.63, 3.8) is 0 Å². The zero-order chi connectivity index (χ0) is 10.1. The van der Waals surface area contributed by atoms with Gasteiger partial charge in [0.05, 0.1) is 0 Å². The Kier molecular flexibility index (Phi) is 8.49. The van der Waals surface area contributed by atoms with Gasteiger partial charge in [0.2, 0.25) is 5.91 Å². The maximum Gasteiger partial charge on any atom is 0.244 e. The van der Waals surface area contributed by atoms with Crippen LogP contribution in [0.15, 0.2) is 9.66 Å². The standard InChI is InChI=1S/C10H18INO/c1-3-4-5-6-7-12-10(13)8-9(2)11/h8H,3-7H2,1-2H3,(H,12,13)/b9-8+. The molecule has 0 rings (SSSR count). The van der Waals surface area contributed by atoms with Crippen molar-refractivity contribution >= 4 is 28.5 Å². The molecule has 3 heteroatoms. The van der Waals surface area contributed by atoms with Crippen molar-refractivity contribution in [1.82, 2.24) is 5.32 Å². The predicted octanol–water partition coefficient (Wildman–Crippen LogP) is 3.02. The molecule has 0 saturated carbocycles. The first kappa shape index (κ1) is 12.9. The van der Waals surface area contributed by atoms with Crippen LogP contribution in [-0.4, -0.2) is 12.5 Å². The van der Waals surface area contributed by atoms with Gasteiger partial charge in [-0.05, 0) is 39.5 Å². The monoisotopic (exact) mass is 295 g/mol. The Bertz CT molecular complexity index is 174. The zero-order valence-electron chi connectivity index (χ0n) is 8.40. The minimum Gasteiger partial charge on any atom is -0.353 e. The second-order valence-electron chi connectivity index (χ2n) is 3.08. The second-order valence-corrected chi connectivity index (χ2v) is 4.78. The number of unbranched alkanes of at least 4 members (excludes halogenated alkanes) is 3. The van der Waals surface area contributed by atoms with Gasteiger partial charge >= 0.3 is 0 Å². The molecule has 0 saturated heterocycles. The minimum atomic E-state index is 0.0309. The number of halogens is 1. The molecule has 0 bridgehead atoms. The Morgan fingerprint density at radius 2 is 2.08 bits per heavy atom. The van der Waals surface area contributed by atoms with E-state index >= 15 is 0 Å². The van der Waals surface area contributed by atoms with E-state index in [0.29, 0.717) is 0 Å². The topological polar surface area (TPSA) is 29.1 Å². The van der Waals surface area contributed by atoms with Gasteiger partial charge < -0.3 is 5.32 Å². The van der Waals surface area contributed by atoms with Gasteiger partial charge in [-0.25, -0.2) is 0 Å². The Hall–Kier alpha value is -0.0600. The smallest absolute Gasteiger partial charge is 0.244 e. The molecule has 0 heterocycles. The molecular weight excluding hydrogens is 277 g/mol. The first-order chi connectivity index (χ1) is 6.16. The number of rotatable bonds is 6. The number of allylic oxidation sites excluding steroid dienone is 1. The minimum absolute atomic E-state index is 0.0309. The van der Waals surface area contributed by atoms with Crippen LogP contribution in [0.2, 0.25) is 0 Å². The lowest BCUT2D eigenvalue weighted by atomic mass is 10.2. The van der Waals surface area contributed by atoms with Crippen molar-refractivity contribution < 1.29 is 4.79 Å². The van der Waals surface area contributed by atoms with Gasteiger partial charge in [-0.15, -0.1) is 0 Å². The first-order valence-electron chi connectivity index (χ1n) is 4.78. The lowest BCUT2D eigenvalue weighted by molar-refractivity contribution is -0.116. The molecule has 0 atom stereocenters. The molecule has 0 aromatic heterocycles. The molecule has 0 radical (unpaired) electrons. The van der Waals surface area contributed by atoms with Crippen molar-refractivity contribution in [2.75, 3.05) is 6.54 Å². The Balaban J connectivity index is 3.33. The average Bonchev–Trinajstić information content (AvgIpc) is 2.02. The van der Waals surface area contributed by atoms with Crippen molar-refractivity contribution in [2.24, 2.45) is 0 Å². The lowest BCUT2D eigenvalue weighted by Gasteiger charge is -2.01. The van der Waals surface area contributed by atoms with Crippen molar-refractivity contribution in [3.8, 4) is 0 Å². The van der Waals surface area contributed by atoms with Crippen LogP contribution in [-0.2, 0) is 4.79 Å². The van der Waals surface area contributed by atoms with Crippen LogP contribution in [0.4, 0.5) is 0 Å². The van der Waals surface area contributed by atoms with Gasteiger partial charge in [0.25, 0.3) is 0 Å². The zero-order valence-corrected chi connectivity index (χ0v) is 10.6. The second kappa shape index (κ2) is 8.53. The highest BCUT2D eigenvalue weighted by atomic mass is 127. The number of hydrogen-bond acceptors (Lipinski definition) is 1. The summed E-state index contributed by atoms with van der Waals surface area (Å²) in [6, 6.07) is 0. The SMILES string of the molecule is CCCCCCNC(=O)/C=C(\C)I. The molecule has 0 aliphatic rings. The van der Waals surface area contributed by atoms with E-state index < -0.39 is 0 Å². The third-order valence-electron chi connectivity index (χ3n) is 1.66. The molecule has 0 unspecified atom stereocenters. The summed E-state index contributed by atoms with van der Waals surface area (Å²) in [5, 5.41) is 2.85. The predicted molar refractivity (Wildman–Crippen MR) is 64.9 cm³/mol. The van der Waals surface area contributed by atoms with Crippen LogP contribution in [0, 0.1) is 0 Å². The molecule has 13 heavy (non-hydrogen) atoms. The summed E-state index contributed by atoms with van der Waals surface area (Å²) in [4.78, 5) is 11.1. The summed E-state index contributed by atoms with van der Waals surface area (Å²) in [6.45, 7) is 4.90. The van der Waals surface area contributed by atoms with Gasteiger partial charge in [0.1, 0.15) is 0 Å². The highest BCUT2D eigenvalue weighted by molar-refractivity contribution is 14.1. The number of amides is 1. The van der Waals surface area contributed by atoms with Gasteiger partial charge in [-0.2, -0.15) is 0 Å². The fourth-order valence-corrected chi connectivity index (χ4v) is 1.28. The maximum atomic E-state index is 11.1. The van der Waals surface area contributed by atoms with E-state index in [1.807, 2.05) is 6.92 Å². The van der Waals surface area contributed by atoms with Gasteiger partial charge in [-0.3, -0.25) is 4.79 Å². The van der Waals surface area contributed by atoms with Crippen LogP contribution in [0.5, 0.6) is 0 Å². The molecule has 76 valence electrons. The highest BCUT2D eigenvalue weighted by Gasteiger charge is 1.94. The van der Waals surface area contributed by atoms with Crippen molar-refractivity contribution in [2.45, 2.75) is 39.5 Å². The summed E-state index contributed by atoms with van der Waals surface area (Å²) in [6.07, 6.45) is 6.43. The third-order valence-corrected chi connectivity index (χ3v) is 1.97. The van der Waals surface area contributed by atoms with Crippen LogP contribution in [0.3, 0.4) is 0 Å². The fourth-order valence-electron chi connectivity index (χ4n) is 0.995. The van der Waals surface area contributed by atoms with E-state index in [4.69, 9.17) is 0 Å². The molecule has 0 aliphatic heterocycles. The number of carbonyl (C=O) groups is 1. The van der Waals surface area contributed by atoms with Crippen LogP contribution < -0.4 is 5.32 Å². The van der Waals surface area contributed by atoms with Crippen LogP contribution in [0.25, 0.3) is 0 Å². The van der Waals surface area contributed by atoms with Crippen molar-refractivity contribution in [3.05, 3.63) is 9.66 Å². The first-order valence-corrected chi connectivity index (χ1v) is 5.86. The number of nitrogens with one attached hydrogen (secondary N) is 1. The van der Waals surface area contributed by atoms with E-state index in [1.165, 1.54) is 19.3 Å². The number of carbonyl (C=O) groups excluding carboxylic acids is 1. The van der Waals surface area contributed by atoms with Gasteiger partial charge in [0, 0.05) is 12.6 Å². The molecule has 0 aromatic carbocycles. The Labute approximate surface area is 94.3 Å². The summed E-state index contributed by atoms with van der Waals surface area (Å²) < 4.78 is 1.02. The molecule has 0 spiro atoms. The van der Waals surface area contributed by atoms with Crippen molar-refractivity contribution in [1.29, 1.82) is 0 Å². The summed E-state index contributed by atoms with van der Waals surface area (Å²) in [7, 11) is 0. The molecule has 0 aliphatic carbocycles. The summed E-state index contributed by atoms with van der Waals surface area (Å²) >= 11 is 2.13. The van der Waals surface area contributed by atoms with E-state index in [1.54, 1.807) is 6.08 Å². The van der Waals surface area contributed by atoms with Crippen LogP contribution >= 0.6 is 22.6 Å². The molecule has 1 N–H and O–H groups in total. The maximum absolute atomic E-state index is 11.1. The summed E-state index contributed by atoms with van der Waals surface area (Å²) in [5.74, 6) is 0.0309. The Morgan fingerprint density at radius 3 is 2.62 bits per heavy atom. The highest BCUT2D eigenvalue weighted by Crippen LogP contribution is 2.01. The van der Waals surface area contributed by atoms with E-state index in [2.05, 4.69) is 34.8 Å². The van der Waals surface area contributed by atoms with Gasteiger partial charge in [0.15, 0.2) is 0 Å². The molecule has 1 amide bonds. The van der Waals surface area contributed by atoms with Crippen LogP contribution in [0.1, 0.15) is 39.5 Å². The molecular formula is C10H18INO. The van der Waals surface area contributed by atoms with E-state index in [-0.39, 0.29) is 5.91 Å². The Morgan fingerprint density at radius 1 is 1.38 bits per heavy atom. The van der Waals surface area contributed by atoms with E-state index in [0.717, 1.165) is 16.5 Å². The summed E-state index contributed by atoms with van der Waals surface area (Å²) in [5.41, 5.74) is 0. The van der Waals surface area contributed by atoms with Gasteiger partial charge in [-0.1, -0.05) is 26.2 Å². The fraction of sp³-hybridized carbons (Fsp3) is 0.700.